The number of nitrogens with one attached hydrogen (secondary N) is 1. The summed E-state index contributed by atoms with van der Waals surface area (Å²) in [6.45, 7) is 4.27. The number of carbonyl (C=O) groups excluding carboxylic acids is 1. The first-order chi connectivity index (χ1) is 14.6. The maximum absolute atomic E-state index is 12.7. The molecule has 1 aliphatic carbocycles. The number of anilines is 1. The second-order valence-electron chi connectivity index (χ2n) is 8.95. The molecule has 1 atom stereocenters. The molecule has 3 rings (SSSR count). The lowest BCUT2D eigenvalue weighted by molar-refractivity contribution is -0.121. The normalized spacial score (nSPS) is 20.8. The van der Waals surface area contributed by atoms with Gasteiger partial charge in [0.25, 0.3) is 0 Å². The van der Waals surface area contributed by atoms with Gasteiger partial charge in [-0.15, -0.1) is 0 Å². The van der Waals surface area contributed by atoms with E-state index in [1.54, 1.807) is 0 Å². The molecular formula is C27H36ClNO. The Labute approximate surface area is 187 Å². The molecule has 0 saturated heterocycles. The number of carbonyl (C=O) groups is 1. The van der Waals surface area contributed by atoms with Gasteiger partial charge in [-0.3, -0.25) is 4.79 Å². The topological polar surface area (TPSA) is 29.1 Å². The van der Waals surface area contributed by atoms with Crippen molar-refractivity contribution in [3.05, 3.63) is 64.7 Å². The highest BCUT2D eigenvalue weighted by Crippen LogP contribution is 2.33. The van der Waals surface area contributed by atoms with E-state index in [0.717, 1.165) is 42.3 Å². The third-order valence-electron chi connectivity index (χ3n) is 6.88. The molecule has 3 heteroatoms. The monoisotopic (exact) mass is 425 g/mol. The number of amides is 1. The third kappa shape index (κ3) is 6.60. The maximum atomic E-state index is 12.7. The molecule has 0 heterocycles. The molecule has 1 aliphatic rings. The minimum absolute atomic E-state index is 0.0673. The van der Waals surface area contributed by atoms with Crippen LogP contribution in [-0.4, -0.2) is 5.91 Å². The average Bonchev–Trinajstić information content (AvgIpc) is 2.74. The van der Waals surface area contributed by atoms with Crippen LogP contribution in [0.15, 0.2) is 48.5 Å². The fourth-order valence-electron chi connectivity index (χ4n) is 4.78. The standard InChI is InChI=1S/C27H36ClNO/c1-3-21-15-17-24(26(28)19-21)18-16-22-9-7-11-23(12-8-10-22)20(2)27(30)29-25-13-5-4-6-14-25/h4-6,13-15,17,19-20,22-23H,3,7-12,16,18H2,1-2H3,(H,29,30). The smallest absolute Gasteiger partial charge is 0.227 e. The van der Waals surface area contributed by atoms with Crippen LogP contribution >= 0.6 is 11.6 Å². The highest BCUT2D eigenvalue weighted by molar-refractivity contribution is 6.31. The van der Waals surface area contributed by atoms with E-state index in [9.17, 15) is 4.79 Å². The van der Waals surface area contributed by atoms with Crippen LogP contribution in [-0.2, 0) is 17.6 Å². The molecule has 1 amide bonds. The minimum Gasteiger partial charge on any atom is -0.326 e. The van der Waals surface area contributed by atoms with E-state index in [2.05, 4.69) is 37.4 Å². The number of aryl methyl sites for hydroxylation is 2. The summed E-state index contributed by atoms with van der Waals surface area (Å²) in [6, 6.07) is 16.4. The molecule has 0 radical (unpaired) electrons. The Morgan fingerprint density at radius 2 is 1.77 bits per heavy atom. The summed E-state index contributed by atoms with van der Waals surface area (Å²) in [5.74, 6) is 1.50. The van der Waals surface area contributed by atoms with E-state index >= 15 is 0 Å². The van der Waals surface area contributed by atoms with Crippen LogP contribution in [0.2, 0.25) is 5.02 Å². The summed E-state index contributed by atoms with van der Waals surface area (Å²) in [5, 5.41) is 4.01. The molecule has 162 valence electrons. The summed E-state index contributed by atoms with van der Waals surface area (Å²) in [4.78, 5) is 12.7. The van der Waals surface area contributed by atoms with Crippen LogP contribution in [0.5, 0.6) is 0 Å². The third-order valence-corrected chi connectivity index (χ3v) is 7.24. The summed E-state index contributed by atoms with van der Waals surface area (Å²) in [5.41, 5.74) is 3.50. The van der Waals surface area contributed by atoms with Crippen LogP contribution in [0.1, 0.15) is 69.9 Å². The van der Waals surface area contributed by atoms with E-state index in [-0.39, 0.29) is 11.8 Å². The number of benzene rings is 2. The molecule has 1 unspecified atom stereocenters. The lowest BCUT2D eigenvalue weighted by atomic mass is 9.78. The van der Waals surface area contributed by atoms with Crippen LogP contribution in [0.3, 0.4) is 0 Å². The van der Waals surface area contributed by atoms with Gasteiger partial charge in [-0.25, -0.2) is 0 Å². The zero-order chi connectivity index (χ0) is 21.3. The molecule has 0 spiro atoms. The predicted molar refractivity (Wildman–Crippen MR) is 128 cm³/mol. The maximum Gasteiger partial charge on any atom is 0.227 e. The average molecular weight is 426 g/mol. The molecule has 2 aromatic rings. The number of hydrogen-bond donors (Lipinski definition) is 1. The number of rotatable bonds is 7. The van der Waals surface area contributed by atoms with E-state index < -0.39 is 0 Å². The molecule has 0 aliphatic heterocycles. The Morgan fingerprint density at radius 3 is 2.40 bits per heavy atom. The molecule has 2 aromatic carbocycles. The van der Waals surface area contributed by atoms with Crippen molar-refractivity contribution >= 4 is 23.2 Å². The SMILES string of the molecule is CCc1ccc(CCC2CCCC(C(C)C(=O)Nc3ccccc3)CCC2)c(Cl)c1. The van der Waals surface area contributed by atoms with E-state index in [0.29, 0.717) is 5.92 Å². The lowest BCUT2D eigenvalue weighted by Crippen LogP contribution is -2.28. The molecule has 0 bridgehead atoms. The van der Waals surface area contributed by atoms with Crippen molar-refractivity contribution in [2.45, 2.75) is 71.6 Å². The first-order valence-corrected chi connectivity index (χ1v) is 12.1. The van der Waals surface area contributed by atoms with Gasteiger partial charge in [-0.2, -0.15) is 0 Å². The van der Waals surface area contributed by atoms with Crippen molar-refractivity contribution in [3.8, 4) is 0 Å². The van der Waals surface area contributed by atoms with Crippen LogP contribution < -0.4 is 5.32 Å². The number of halogens is 1. The molecule has 2 nitrogen and oxygen atoms in total. The van der Waals surface area contributed by atoms with Crippen molar-refractivity contribution in [1.82, 2.24) is 0 Å². The molecule has 1 N–H and O–H groups in total. The van der Waals surface area contributed by atoms with Crippen molar-refractivity contribution in [2.24, 2.45) is 17.8 Å². The zero-order valence-corrected chi connectivity index (χ0v) is 19.3. The van der Waals surface area contributed by atoms with Gasteiger partial charge in [-0.05, 0) is 73.3 Å². The lowest BCUT2D eigenvalue weighted by Gasteiger charge is -2.28. The molecule has 0 aromatic heterocycles. The first-order valence-electron chi connectivity index (χ1n) is 11.7. The van der Waals surface area contributed by atoms with Crippen molar-refractivity contribution in [1.29, 1.82) is 0 Å². The van der Waals surface area contributed by atoms with Gasteiger partial charge in [0, 0.05) is 16.6 Å². The fourth-order valence-corrected chi connectivity index (χ4v) is 5.08. The Hall–Kier alpha value is -1.80. The Balaban J connectivity index is 1.45. The molecular weight excluding hydrogens is 390 g/mol. The fraction of sp³-hybridized carbons (Fsp3) is 0.519. The molecule has 30 heavy (non-hydrogen) atoms. The van der Waals surface area contributed by atoms with Gasteiger partial charge in [0.15, 0.2) is 0 Å². The van der Waals surface area contributed by atoms with Crippen LogP contribution in [0.25, 0.3) is 0 Å². The zero-order valence-electron chi connectivity index (χ0n) is 18.5. The highest BCUT2D eigenvalue weighted by Gasteiger charge is 2.26. The molecule has 1 fully saturated rings. The summed E-state index contributed by atoms with van der Waals surface area (Å²) in [7, 11) is 0. The largest absolute Gasteiger partial charge is 0.326 e. The van der Waals surface area contributed by atoms with Gasteiger partial charge in [0.1, 0.15) is 0 Å². The number of para-hydroxylation sites is 1. The highest BCUT2D eigenvalue weighted by atomic mass is 35.5. The summed E-state index contributed by atoms with van der Waals surface area (Å²) >= 11 is 6.49. The van der Waals surface area contributed by atoms with Crippen molar-refractivity contribution in [2.75, 3.05) is 5.32 Å². The van der Waals surface area contributed by atoms with E-state index in [4.69, 9.17) is 11.6 Å². The Kier molecular flexibility index (Phi) is 8.81. The van der Waals surface area contributed by atoms with Gasteiger partial charge >= 0.3 is 0 Å². The van der Waals surface area contributed by atoms with Crippen LogP contribution in [0, 0.1) is 17.8 Å². The van der Waals surface area contributed by atoms with Gasteiger partial charge in [-0.1, -0.05) is 81.5 Å². The van der Waals surface area contributed by atoms with Gasteiger partial charge < -0.3 is 5.32 Å². The predicted octanol–water partition coefficient (Wildman–Crippen LogP) is 7.70. The van der Waals surface area contributed by atoms with Gasteiger partial charge in [0.2, 0.25) is 5.91 Å². The minimum atomic E-state index is 0.0673. The van der Waals surface area contributed by atoms with E-state index in [1.807, 2.05) is 30.3 Å². The first kappa shape index (κ1) is 22.9. The molecule has 1 saturated carbocycles. The van der Waals surface area contributed by atoms with Crippen molar-refractivity contribution in [3.63, 3.8) is 0 Å². The quantitative estimate of drug-likeness (QED) is 0.483. The van der Waals surface area contributed by atoms with Gasteiger partial charge in [0.05, 0.1) is 0 Å². The summed E-state index contributed by atoms with van der Waals surface area (Å²) < 4.78 is 0. The second-order valence-corrected chi connectivity index (χ2v) is 9.36. The van der Waals surface area contributed by atoms with Crippen LogP contribution in [0.4, 0.5) is 5.69 Å². The number of hydrogen-bond acceptors (Lipinski definition) is 1. The van der Waals surface area contributed by atoms with Crippen molar-refractivity contribution < 1.29 is 4.79 Å². The van der Waals surface area contributed by atoms with E-state index in [1.165, 1.54) is 43.2 Å². The summed E-state index contributed by atoms with van der Waals surface area (Å²) in [6.07, 6.45) is 10.6. The Morgan fingerprint density at radius 1 is 1.07 bits per heavy atom. The Bertz CT molecular complexity index is 794. The second kappa shape index (κ2) is 11.6.